The van der Waals surface area contributed by atoms with E-state index in [4.69, 9.17) is 9.47 Å². The monoisotopic (exact) mass is 450 g/mol. The van der Waals surface area contributed by atoms with Crippen LogP contribution in [0, 0.1) is 5.92 Å². The predicted molar refractivity (Wildman–Crippen MR) is 121 cm³/mol. The molecule has 1 saturated heterocycles. The van der Waals surface area contributed by atoms with Crippen molar-refractivity contribution >= 4 is 18.2 Å². The first kappa shape index (κ1) is 22.4. The van der Waals surface area contributed by atoms with E-state index in [0.29, 0.717) is 0 Å². The molecule has 2 aromatic rings. The van der Waals surface area contributed by atoms with Gasteiger partial charge in [0.2, 0.25) is 0 Å². The zero-order valence-corrected chi connectivity index (χ0v) is 18.3. The number of likely N-dealkylation sites (tertiary alicyclic amines) is 1. The van der Waals surface area contributed by atoms with E-state index in [1.54, 1.807) is 0 Å². The van der Waals surface area contributed by atoms with Crippen molar-refractivity contribution in [3.05, 3.63) is 72.3 Å². The average molecular weight is 450 g/mol. The molecule has 172 valence electrons. The van der Waals surface area contributed by atoms with Gasteiger partial charge in [0.05, 0.1) is 12.0 Å². The summed E-state index contributed by atoms with van der Waals surface area (Å²) in [4.78, 5) is 39.4. The van der Waals surface area contributed by atoms with E-state index in [0.717, 1.165) is 22.3 Å². The van der Waals surface area contributed by atoms with Crippen LogP contribution in [-0.2, 0) is 14.3 Å². The van der Waals surface area contributed by atoms with Gasteiger partial charge in [-0.15, -0.1) is 0 Å². The van der Waals surface area contributed by atoms with Gasteiger partial charge < -0.3 is 24.4 Å². The van der Waals surface area contributed by atoms with Gasteiger partial charge >= 0.3 is 18.2 Å². The number of amides is 2. The van der Waals surface area contributed by atoms with Crippen LogP contribution in [0.15, 0.2) is 61.2 Å². The molecule has 2 atom stereocenters. The fourth-order valence-corrected chi connectivity index (χ4v) is 4.62. The van der Waals surface area contributed by atoms with Gasteiger partial charge in [0.25, 0.3) is 0 Å². The molecule has 2 amide bonds. The third-order valence-corrected chi connectivity index (χ3v) is 6.31. The molecule has 1 heterocycles. The second-order valence-electron chi connectivity index (χ2n) is 8.20. The molecule has 8 heteroatoms. The van der Waals surface area contributed by atoms with Crippen LogP contribution in [0.5, 0.6) is 0 Å². The number of carbonyl (C=O) groups excluding carboxylic acids is 2. The minimum absolute atomic E-state index is 0.0277. The molecule has 33 heavy (non-hydrogen) atoms. The third kappa shape index (κ3) is 4.28. The van der Waals surface area contributed by atoms with Gasteiger partial charge in [-0.1, -0.05) is 61.2 Å². The first-order chi connectivity index (χ1) is 15.9. The van der Waals surface area contributed by atoms with Gasteiger partial charge in [-0.3, -0.25) is 4.79 Å². The summed E-state index contributed by atoms with van der Waals surface area (Å²) in [7, 11) is 1.50. The molecule has 0 spiro atoms. The number of fused-ring (bicyclic) bond motifs is 3. The standard InChI is InChI=1S/C25H26N2O6/c1-3-12-32-25(31)27-13-20(23(28)29)22(14-27)26(2)24(30)33-15-21-18-10-6-4-8-16(18)17-9-5-7-11-19(17)21/h3-11,20-22H,1,12-15H2,2H3,(H,28,29)/t20-,22+/m1/s1. The highest BCUT2D eigenvalue weighted by Crippen LogP contribution is 2.44. The second kappa shape index (κ2) is 9.36. The zero-order valence-electron chi connectivity index (χ0n) is 18.3. The third-order valence-electron chi connectivity index (χ3n) is 6.31. The van der Waals surface area contributed by atoms with Gasteiger partial charge in [-0.25, -0.2) is 9.59 Å². The summed E-state index contributed by atoms with van der Waals surface area (Å²) in [6, 6.07) is 15.3. The smallest absolute Gasteiger partial charge is 0.410 e. The van der Waals surface area contributed by atoms with Crippen LogP contribution in [0.3, 0.4) is 0 Å². The molecule has 2 aromatic carbocycles. The first-order valence-electron chi connectivity index (χ1n) is 10.8. The van der Waals surface area contributed by atoms with Gasteiger partial charge in [-0.05, 0) is 22.3 Å². The van der Waals surface area contributed by atoms with E-state index in [-0.39, 0.29) is 32.2 Å². The molecule has 8 nitrogen and oxygen atoms in total. The maximum atomic E-state index is 12.9. The maximum absolute atomic E-state index is 12.9. The molecule has 0 radical (unpaired) electrons. The van der Waals surface area contributed by atoms with Crippen molar-refractivity contribution in [1.29, 1.82) is 0 Å². The first-order valence-corrected chi connectivity index (χ1v) is 10.8. The molecular formula is C25H26N2O6. The van der Waals surface area contributed by atoms with Crippen LogP contribution in [0.2, 0.25) is 0 Å². The molecule has 1 N–H and O–H groups in total. The summed E-state index contributed by atoms with van der Waals surface area (Å²) < 4.78 is 10.7. The number of hydrogen-bond acceptors (Lipinski definition) is 5. The van der Waals surface area contributed by atoms with E-state index in [2.05, 4.69) is 18.7 Å². The lowest BCUT2D eigenvalue weighted by Gasteiger charge is -2.27. The number of carbonyl (C=O) groups is 3. The number of benzene rings is 2. The number of aliphatic carboxylic acids is 1. The number of carboxylic acids is 1. The van der Waals surface area contributed by atoms with E-state index >= 15 is 0 Å². The number of carboxylic acid groups (broad SMARTS) is 1. The minimum Gasteiger partial charge on any atom is -0.481 e. The van der Waals surface area contributed by atoms with E-state index < -0.39 is 30.1 Å². The quantitative estimate of drug-likeness (QED) is 0.676. The lowest BCUT2D eigenvalue weighted by atomic mass is 9.98. The Morgan fingerprint density at radius 1 is 1.06 bits per heavy atom. The van der Waals surface area contributed by atoms with Gasteiger partial charge in [0.15, 0.2) is 0 Å². The highest BCUT2D eigenvalue weighted by Gasteiger charge is 2.44. The summed E-state index contributed by atoms with van der Waals surface area (Å²) in [6.07, 6.45) is 0.169. The fraction of sp³-hybridized carbons (Fsp3) is 0.320. The summed E-state index contributed by atoms with van der Waals surface area (Å²) in [5.41, 5.74) is 4.43. The Labute approximate surface area is 192 Å². The molecular weight excluding hydrogens is 424 g/mol. The van der Waals surface area contributed by atoms with Crippen LogP contribution >= 0.6 is 0 Å². The highest BCUT2D eigenvalue weighted by atomic mass is 16.6. The van der Waals surface area contributed by atoms with Crippen LogP contribution < -0.4 is 0 Å². The van der Waals surface area contributed by atoms with Crippen LogP contribution in [0.1, 0.15) is 17.0 Å². The van der Waals surface area contributed by atoms with E-state index in [9.17, 15) is 19.5 Å². The van der Waals surface area contributed by atoms with Gasteiger partial charge in [0, 0.05) is 26.1 Å². The van der Waals surface area contributed by atoms with Crippen molar-refractivity contribution in [2.24, 2.45) is 5.92 Å². The summed E-state index contributed by atoms with van der Waals surface area (Å²) in [5.74, 6) is -2.12. The Morgan fingerprint density at radius 3 is 2.24 bits per heavy atom. The van der Waals surface area contributed by atoms with Crippen LogP contribution in [0.25, 0.3) is 11.1 Å². The second-order valence-corrected chi connectivity index (χ2v) is 8.20. The zero-order chi connectivity index (χ0) is 23.5. The topological polar surface area (TPSA) is 96.4 Å². The van der Waals surface area contributed by atoms with Crippen molar-refractivity contribution in [1.82, 2.24) is 9.80 Å². The van der Waals surface area contributed by atoms with E-state index in [1.807, 2.05) is 36.4 Å². The molecule has 0 aromatic heterocycles. The SMILES string of the molecule is C=CCOC(=O)N1C[C@@H](C(=O)O)[C@@H](N(C)C(=O)OCC2c3ccccc3-c3ccccc32)C1. The number of hydrogen-bond donors (Lipinski definition) is 1. The summed E-state index contributed by atoms with van der Waals surface area (Å²) in [5, 5.41) is 9.64. The maximum Gasteiger partial charge on any atom is 0.410 e. The number of nitrogens with zero attached hydrogens (tertiary/aromatic N) is 2. The predicted octanol–water partition coefficient (Wildman–Crippen LogP) is 3.57. The van der Waals surface area contributed by atoms with Gasteiger partial charge in [-0.2, -0.15) is 0 Å². The van der Waals surface area contributed by atoms with E-state index in [1.165, 1.54) is 22.9 Å². The Kier molecular flexibility index (Phi) is 6.35. The molecule has 1 aliphatic carbocycles. The average Bonchev–Trinajstić information content (AvgIpc) is 3.41. The Balaban J connectivity index is 1.45. The van der Waals surface area contributed by atoms with Crippen LogP contribution in [-0.4, -0.2) is 72.5 Å². The fourth-order valence-electron chi connectivity index (χ4n) is 4.62. The van der Waals surface area contributed by atoms with Crippen molar-refractivity contribution in [3.8, 4) is 11.1 Å². The van der Waals surface area contributed by atoms with Crippen molar-refractivity contribution in [2.45, 2.75) is 12.0 Å². The molecule has 0 unspecified atom stereocenters. The molecule has 0 saturated carbocycles. The molecule has 2 aliphatic rings. The number of likely N-dealkylation sites (N-methyl/N-ethyl adjacent to an activating group) is 1. The minimum atomic E-state index is -1.09. The van der Waals surface area contributed by atoms with Gasteiger partial charge in [0.1, 0.15) is 13.2 Å². The summed E-state index contributed by atoms with van der Waals surface area (Å²) in [6.45, 7) is 3.65. The lowest BCUT2D eigenvalue weighted by molar-refractivity contribution is -0.142. The number of ether oxygens (including phenoxy) is 2. The van der Waals surface area contributed by atoms with Crippen molar-refractivity contribution in [3.63, 3.8) is 0 Å². The lowest BCUT2D eigenvalue weighted by Crippen LogP contribution is -2.45. The molecule has 4 rings (SSSR count). The Hall–Kier alpha value is -3.81. The normalized spacial score (nSPS) is 18.9. The Morgan fingerprint density at radius 2 is 1.67 bits per heavy atom. The molecule has 0 bridgehead atoms. The highest BCUT2D eigenvalue weighted by molar-refractivity contribution is 5.79. The largest absolute Gasteiger partial charge is 0.481 e. The summed E-state index contributed by atoms with van der Waals surface area (Å²) >= 11 is 0. The number of rotatable bonds is 6. The molecule has 1 fully saturated rings. The van der Waals surface area contributed by atoms with Crippen molar-refractivity contribution in [2.75, 3.05) is 33.4 Å². The van der Waals surface area contributed by atoms with Crippen LogP contribution in [0.4, 0.5) is 9.59 Å². The Bertz CT molecular complexity index is 1040. The van der Waals surface area contributed by atoms with Crippen molar-refractivity contribution < 1.29 is 29.0 Å². The molecule has 1 aliphatic heterocycles.